The van der Waals surface area contributed by atoms with Crippen molar-refractivity contribution in [2.75, 3.05) is 11.5 Å². The smallest absolute Gasteiger partial charge is 0.191 e. The van der Waals surface area contributed by atoms with Crippen LogP contribution in [0.25, 0.3) is 27.7 Å². The van der Waals surface area contributed by atoms with Gasteiger partial charge < -0.3 is 16.0 Å². The first-order valence-corrected chi connectivity index (χ1v) is 8.41. The van der Waals surface area contributed by atoms with Crippen LogP contribution in [0.1, 0.15) is 11.5 Å². The largest absolute Gasteiger partial charge is 0.396 e. The monoisotopic (exact) mass is 382 g/mol. The summed E-state index contributed by atoms with van der Waals surface area (Å²) in [5.41, 5.74) is 13.6. The number of aryl methyl sites for hydroxylation is 2. The van der Waals surface area contributed by atoms with Crippen LogP contribution in [-0.4, -0.2) is 9.72 Å². The molecule has 0 fully saturated rings. The Morgan fingerprint density at radius 3 is 2.46 bits per heavy atom. The zero-order valence-corrected chi connectivity index (χ0v) is 15.1. The zero-order valence-electron chi connectivity index (χ0n) is 15.1. The van der Waals surface area contributed by atoms with E-state index in [4.69, 9.17) is 16.0 Å². The summed E-state index contributed by atoms with van der Waals surface area (Å²) in [5.74, 6) is -1.13. The van der Waals surface area contributed by atoms with Gasteiger partial charge in [0.15, 0.2) is 5.43 Å². The summed E-state index contributed by atoms with van der Waals surface area (Å²) in [7, 11) is 0. The van der Waals surface area contributed by atoms with E-state index in [0.717, 1.165) is 17.2 Å². The molecule has 4 aromatic rings. The maximum atomic E-state index is 14.6. The summed E-state index contributed by atoms with van der Waals surface area (Å²) in [5, 5.41) is 4.26. The highest BCUT2D eigenvalue weighted by molar-refractivity contribution is 5.88. The number of nitrogens with two attached hydrogens (primary N) is 2. The number of hydrogen-bond acceptors (Lipinski definition) is 5. The molecule has 8 heteroatoms. The number of pyridine rings is 1. The number of anilines is 2. The highest BCUT2D eigenvalue weighted by Gasteiger charge is 2.18. The molecule has 0 amide bonds. The molecular weight excluding hydrogens is 366 g/mol. The third kappa shape index (κ3) is 2.61. The maximum absolute atomic E-state index is 14.6. The van der Waals surface area contributed by atoms with Gasteiger partial charge in [-0.3, -0.25) is 9.36 Å². The zero-order chi connectivity index (χ0) is 20.2. The van der Waals surface area contributed by atoms with Crippen LogP contribution in [0.15, 0.2) is 45.7 Å². The molecule has 2 heterocycles. The van der Waals surface area contributed by atoms with Crippen molar-refractivity contribution in [2.24, 2.45) is 0 Å². The molecular formula is C20H16F2N4O2. The lowest BCUT2D eigenvalue weighted by molar-refractivity contribution is 0.393. The van der Waals surface area contributed by atoms with Gasteiger partial charge in [0.2, 0.25) is 0 Å². The number of fused-ring (bicyclic) bond motifs is 1. The van der Waals surface area contributed by atoms with Gasteiger partial charge in [0.05, 0.1) is 22.6 Å². The van der Waals surface area contributed by atoms with Crippen LogP contribution in [0, 0.1) is 25.5 Å². The number of nitrogen functional groups attached to an aromatic ring is 2. The summed E-state index contributed by atoms with van der Waals surface area (Å²) in [6, 6.07) is 8.10. The Balaban J connectivity index is 2.11. The molecule has 4 N–H and O–H groups in total. The van der Waals surface area contributed by atoms with Crippen molar-refractivity contribution in [3.63, 3.8) is 0 Å². The average molecular weight is 382 g/mol. The van der Waals surface area contributed by atoms with Gasteiger partial charge in [0.1, 0.15) is 23.2 Å². The van der Waals surface area contributed by atoms with E-state index < -0.39 is 11.6 Å². The third-order valence-electron chi connectivity index (χ3n) is 4.67. The summed E-state index contributed by atoms with van der Waals surface area (Å²) >= 11 is 0. The molecule has 0 saturated heterocycles. The Morgan fingerprint density at radius 1 is 1.04 bits per heavy atom. The minimum Gasteiger partial charge on any atom is -0.396 e. The number of hydrogen-bond donors (Lipinski definition) is 2. The molecule has 2 aromatic carbocycles. The Labute approximate surface area is 158 Å². The molecule has 2 aromatic heterocycles. The number of halogens is 2. The van der Waals surface area contributed by atoms with E-state index in [9.17, 15) is 13.6 Å². The van der Waals surface area contributed by atoms with Gasteiger partial charge >= 0.3 is 0 Å². The first-order valence-electron chi connectivity index (χ1n) is 8.41. The predicted octanol–water partition coefficient (Wildman–Crippen LogP) is 3.71. The summed E-state index contributed by atoms with van der Waals surface area (Å²) in [6.45, 7) is 3.56. The highest BCUT2D eigenvalue weighted by atomic mass is 19.1. The standard InChI is InChI=1S/C20H16F2N4O2/c1-9-20(10(2)28-25-9)11-3-4-12-16(5-11)26(19(24)8-18(12)27)17-7-15(23)13(21)6-14(17)22/h3-8H,23-24H2,1-2H3. The van der Waals surface area contributed by atoms with Crippen molar-refractivity contribution in [2.45, 2.75) is 13.8 Å². The third-order valence-corrected chi connectivity index (χ3v) is 4.67. The number of rotatable bonds is 2. The van der Waals surface area contributed by atoms with Gasteiger partial charge in [-0.2, -0.15) is 0 Å². The molecule has 0 atom stereocenters. The van der Waals surface area contributed by atoms with E-state index in [1.54, 1.807) is 32.0 Å². The molecule has 4 rings (SSSR count). The fourth-order valence-electron chi connectivity index (χ4n) is 3.39. The predicted molar refractivity (Wildman–Crippen MR) is 103 cm³/mol. The van der Waals surface area contributed by atoms with Crippen molar-refractivity contribution >= 4 is 22.4 Å². The normalized spacial score (nSPS) is 11.3. The highest BCUT2D eigenvalue weighted by Crippen LogP contribution is 2.32. The number of benzene rings is 2. The molecule has 0 aliphatic rings. The average Bonchev–Trinajstić information content (AvgIpc) is 2.97. The van der Waals surface area contributed by atoms with Gasteiger partial charge in [0.25, 0.3) is 0 Å². The lowest BCUT2D eigenvalue weighted by Gasteiger charge is -2.16. The Kier molecular flexibility index (Phi) is 3.92. The molecule has 0 bridgehead atoms. The topological polar surface area (TPSA) is 100 Å². The van der Waals surface area contributed by atoms with E-state index in [-0.39, 0.29) is 22.6 Å². The second-order valence-corrected chi connectivity index (χ2v) is 6.53. The number of aromatic nitrogens is 2. The molecule has 0 saturated carbocycles. The molecule has 6 nitrogen and oxygen atoms in total. The van der Waals surface area contributed by atoms with Crippen LogP contribution >= 0.6 is 0 Å². The van der Waals surface area contributed by atoms with Crippen molar-refractivity contribution in [1.29, 1.82) is 0 Å². The van der Waals surface area contributed by atoms with Crippen molar-refractivity contribution in [3.05, 3.63) is 69.7 Å². The SMILES string of the molecule is Cc1noc(C)c1-c1ccc2c(=O)cc(N)n(-c3cc(N)c(F)cc3F)c2c1. The molecule has 0 spiro atoms. The van der Waals surface area contributed by atoms with Crippen molar-refractivity contribution in [1.82, 2.24) is 9.72 Å². The fourth-order valence-corrected chi connectivity index (χ4v) is 3.39. The minimum absolute atomic E-state index is 0.00155. The van der Waals surface area contributed by atoms with E-state index in [1.807, 2.05) is 0 Å². The Morgan fingerprint density at radius 2 is 1.79 bits per heavy atom. The Bertz CT molecular complexity index is 1290. The summed E-state index contributed by atoms with van der Waals surface area (Å²) < 4.78 is 34.7. The quantitative estimate of drug-likeness (QED) is 0.515. The second kappa shape index (κ2) is 6.19. The van der Waals surface area contributed by atoms with Crippen molar-refractivity contribution < 1.29 is 13.3 Å². The lowest BCUT2D eigenvalue weighted by Crippen LogP contribution is -2.14. The van der Waals surface area contributed by atoms with Gasteiger partial charge in [0, 0.05) is 23.1 Å². The van der Waals surface area contributed by atoms with Crippen LogP contribution in [0.2, 0.25) is 0 Å². The fraction of sp³-hybridized carbons (Fsp3) is 0.100. The van der Waals surface area contributed by atoms with Crippen LogP contribution in [0.4, 0.5) is 20.3 Å². The van der Waals surface area contributed by atoms with Crippen LogP contribution < -0.4 is 16.9 Å². The molecule has 28 heavy (non-hydrogen) atoms. The number of nitrogens with zero attached hydrogens (tertiary/aromatic N) is 2. The molecule has 0 unspecified atom stereocenters. The Hall–Kier alpha value is -3.68. The lowest BCUT2D eigenvalue weighted by atomic mass is 10.0. The molecule has 142 valence electrons. The van der Waals surface area contributed by atoms with Crippen LogP contribution in [0.3, 0.4) is 0 Å². The molecule has 0 aliphatic carbocycles. The first kappa shape index (κ1) is 17.7. The van der Waals surface area contributed by atoms with E-state index in [0.29, 0.717) is 28.4 Å². The van der Waals surface area contributed by atoms with Crippen LogP contribution in [0.5, 0.6) is 0 Å². The molecule has 0 aliphatic heterocycles. The van der Waals surface area contributed by atoms with E-state index in [1.165, 1.54) is 10.6 Å². The second-order valence-electron chi connectivity index (χ2n) is 6.53. The van der Waals surface area contributed by atoms with Crippen LogP contribution in [-0.2, 0) is 0 Å². The van der Waals surface area contributed by atoms with E-state index >= 15 is 0 Å². The van der Waals surface area contributed by atoms with Gasteiger partial charge in [-0.25, -0.2) is 8.78 Å². The van der Waals surface area contributed by atoms with Gasteiger partial charge in [-0.15, -0.1) is 0 Å². The summed E-state index contributed by atoms with van der Waals surface area (Å²) in [6.07, 6.45) is 0. The molecule has 0 radical (unpaired) electrons. The minimum atomic E-state index is -0.874. The first-order chi connectivity index (χ1) is 13.3. The van der Waals surface area contributed by atoms with E-state index in [2.05, 4.69) is 5.16 Å². The van der Waals surface area contributed by atoms with Gasteiger partial charge in [-0.05, 0) is 37.6 Å². The summed E-state index contributed by atoms with van der Waals surface area (Å²) in [4.78, 5) is 12.4. The van der Waals surface area contributed by atoms with Gasteiger partial charge in [-0.1, -0.05) is 11.2 Å². The van der Waals surface area contributed by atoms with Crippen molar-refractivity contribution in [3.8, 4) is 16.8 Å². The maximum Gasteiger partial charge on any atom is 0.191 e.